The van der Waals surface area contributed by atoms with Gasteiger partial charge < -0.3 is 15.6 Å². The molecule has 3 N–H and O–H groups in total. The molecule has 1 aromatic rings. The number of rotatable bonds is 2. The molecular weight excluding hydrogens is 238 g/mol. The Kier molecular flexibility index (Phi) is 3.60. The summed E-state index contributed by atoms with van der Waals surface area (Å²) in [5.41, 5.74) is 0.959. The number of piperidine rings is 1. The minimum atomic E-state index is 0.0304. The fourth-order valence-corrected chi connectivity index (χ4v) is 3.62. The normalized spacial score (nSPS) is 26.2. The number of aromatic amines is 1. The summed E-state index contributed by atoms with van der Waals surface area (Å²) in [6.45, 7) is 1.02. The van der Waals surface area contributed by atoms with E-state index < -0.39 is 0 Å². The van der Waals surface area contributed by atoms with Gasteiger partial charge in [0.2, 0.25) is 0 Å². The Hall–Kier alpha value is -1.29. The lowest BCUT2D eigenvalue weighted by Gasteiger charge is -2.44. The minimum Gasteiger partial charge on any atom is -0.357 e. The Labute approximate surface area is 114 Å². The second-order valence-corrected chi connectivity index (χ2v) is 6.01. The summed E-state index contributed by atoms with van der Waals surface area (Å²) in [4.78, 5) is 15.1. The molecule has 1 unspecified atom stereocenters. The maximum absolute atomic E-state index is 12.1. The summed E-state index contributed by atoms with van der Waals surface area (Å²) in [5.74, 6) is 0.0304. The molecule has 1 atom stereocenters. The van der Waals surface area contributed by atoms with E-state index in [4.69, 9.17) is 0 Å². The third kappa shape index (κ3) is 2.84. The van der Waals surface area contributed by atoms with Crippen LogP contribution in [0, 0.1) is 0 Å². The number of nitrogens with one attached hydrogen (secondary N) is 3. The van der Waals surface area contributed by atoms with Gasteiger partial charge in [-0.1, -0.05) is 19.3 Å². The highest BCUT2D eigenvalue weighted by molar-refractivity contribution is 5.92. The van der Waals surface area contributed by atoms with Gasteiger partial charge in [-0.05, 0) is 44.4 Å². The summed E-state index contributed by atoms with van der Waals surface area (Å²) < 4.78 is 0. The smallest absolute Gasteiger partial charge is 0.267 e. The van der Waals surface area contributed by atoms with E-state index in [1.165, 1.54) is 32.1 Å². The lowest BCUT2D eigenvalue weighted by Crippen LogP contribution is -2.57. The van der Waals surface area contributed by atoms with Crippen LogP contribution < -0.4 is 10.6 Å². The molecule has 0 aromatic carbocycles. The lowest BCUT2D eigenvalue weighted by atomic mass is 9.75. The zero-order valence-corrected chi connectivity index (χ0v) is 11.4. The molecule has 2 fully saturated rings. The second-order valence-electron chi connectivity index (χ2n) is 6.01. The molecule has 3 rings (SSSR count). The zero-order chi connectivity index (χ0) is 13.1. The number of carbonyl (C=O) groups excluding carboxylic acids is 1. The average Bonchev–Trinajstić information content (AvgIpc) is 2.93. The van der Waals surface area contributed by atoms with Crippen LogP contribution >= 0.6 is 0 Å². The quantitative estimate of drug-likeness (QED) is 0.764. The molecule has 4 nitrogen and oxygen atoms in total. The van der Waals surface area contributed by atoms with Crippen LogP contribution in [0.3, 0.4) is 0 Å². The third-order valence-electron chi connectivity index (χ3n) is 4.62. The van der Waals surface area contributed by atoms with Crippen molar-refractivity contribution in [3.63, 3.8) is 0 Å². The lowest BCUT2D eigenvalue weighted by molar-refractivity contribution is 0.0888. The summed E-state index contributed by atoms with van der Waals surface area (Å²) >= 11 is 0. The molecule has 104 valence electrons. The number of aromatic nitrogens is 1. The maximum atomic E-state index is 12.1. The first-order valence-corrected chi connectivity index (χ1v) is 7.47. The predicted octanol–water partition coefficient (Wildman–Crippen LogP) is 2.20. The Morgan fingerprint density at radius 1 is 1.32 bits per heavy atom. The van der Waals surface area contributed by atoms with Gasteiger partial charge in [0, 0.05) is 17.8 Å². The standard InChI is InChI=1S/C15H23N3O/c19-14(13-5-4-9-16-13)18-12-6-10-17-15(11-12)7-2-1-3-8-15/h4-5,9,12,16-17H,1-3,6-8,10-11H2,(H,18,19). The number of hydrogen-bond acceptors (Lipinski definition) is 2. The largest absolute Gasteiger partial charge is 0.357 e. The molecule has 1 aliphatic carbocycles. The molecule has 1 aromatic heterocycles. The van der Waals surface area contributed by atoms with Crippen molar-refractivity contribution >= 4 is 5.91 Å². The van der Waals surface area contributed by atoms with Crippen molar-refractivity contribution in [2.75, 3.05) is 6.54 Å². The molecule has 19 heavy (non-hydrogen) atoms. The van der Waals surface area contributed by atoms with Gasteiger partial charge in [0.25, 0.3) is 5.91 Å². The van der Waals surface area contributed by atoms with Gasteiger partial charge in [0.05, 0.1) is 0 Å². The number of hydrogen-bond donors (Lipinski definition) is 3. The first-order valence-electron chi connectivity index (χ1n) is 7.47. The van der Waals surface area contributed by atoms with Crippen LogP contribution in [0.15, 0.2) is 18.3 Å². The molecule has 1 amide bonds. The van der Waals surface area contributed by atoms with E-state index >= 15 is 0 Å². The summed E-state index contributed by atoms with van der Waals surface area (Å²) in [5, 5.41) is 6.90. The van der Waals surface area contributed by atoms with Gasteiger partial charge in [0.15, 0.2) is 0 Å². The van der Waals surface area contributed by atoms with Gasteiger partial charge >= 0.3 is 0 Å². The number of H-pyrrole nitrogens is 1. The van der Waals surface area contributed by atoms with E-state index in [-0.39, 0.29) is 5.91 Å². The second kappa shape index (κ2) is 5.37. The number of carbonyl (C=O) groups is 1. The predicted molar refractivity (Wildman–Crippen MR) is 75.1 cm³/mol. The molecule has 1 aliphatic heterocycles. The fourth-order valence-electron chi connectivity index (χ4n) is 3.62. The van der Waals surface area contributed by atoms with Crippen LogP contribution in [-0.4, -0.2) is 29.0 Å². The molecule has 0 radical (unpaired) electrons. The zero-order valence-electron chi connectivity index (χ0n) is 11.4. The van der Waals surface area contributed by atoms with E-state index in [1.54, 1.807) is 6.20 Å². The fraction of sp³-hybridized carbons (Fsp3) is 0.667. The number of amides is 1. The van der Waals surface area contributed by atoms with Crippen molar-refractivity contribution in [2.24, 2.45) is 0 Å². The van der Waals surface area contributed by atoms with E-state index in [1.807, 2.05) is 12.1 Å². The SMILES string of the molecule is O=C(NC1CCNC2(CCCCC2)C1)c1ccc[nH]1. The van der Waals surface area contributed by atoms with Crippen LogP contribution in [0.4, 0.5) is 0 Å². The van der Waals surface area contributed by atoms with Crippen molar-refractivity contribution in [1.29, 1.82) is 0 Å². The van der Waals surface area contributed by atoms with Crippen molar-refractivity contribution in [1.82, 2.24) is 15.6 Å². The van der Waals surface area contributed by atoms with Crippen LogP contribution in [-0.2, 0) is 0 Å². The van der Waals surface area contributed by atoms with Crippen LogP contribution in [0.25, 0.3) is 0 Å². The molecule has 4 heteroatoms. The average molecular weight is 261 g/mol. The molecule has 2 aliphatic rings. The Morgan fingerprint density at radius 3 is 2.89 bits per heavy atom. The Morgan fingerprint density at radius 2 is 2.16 bits per heavy atom. The van der Waals surface area contributed by atoms with Crippen LogP contribution in [0.2, 0.25) is 0 Å². The van der Waals surface area contributed by atoms with Gasteiger partial charge in [-0.15, -0.1) is 0 Å². The molecule has 0 bridgehead atoms. The summed E-state index contributed by atoms with van der Waals surface area (Å²) in [6, 6.07) is 4.00. The molecule has 1 saturated carbocycles. The van der Waals surface area contributed by atoms with E-state index in [2.05, 4.69) is 15.6 Å². The molecule has 2 heterocycles. The van der Waals surface area contributed by atoms with E-state index in [0.29, 0.717) is 17.3 Å². The van der Waals surface area contributed by atoms with Crippen molar-refractivity contribution in [2.45, 2.75) is 56.5 Å². The highest BCUT2D eigenvalue weighted by atomic mass is 16.1. The minimum absolute atomic E-state index is 0.0304. The Balaban J connectivity index is 1.60. The van der Waals surface area contributed by atoms with Crippen LogP contribution in [0.1, 0.15) is 55.4 Å². The van der Waals surface area contributed by atoms with Crippen LogP contribution in [0.5, 0.6) is 0 Å². The summed E-state index contributed by atoms with van der Waals surface area (Å²) in [7, 11) is 0. The van der Waals surface area contributed by atoms with Crippen molar-refractivity contribution in [3.05, 3.63) is 24.0 Å². The molecule has 1 saturated heterocycles. The third-order valence-corrected chi connectivity index (χ3v) is 4.62. The van der Waals surface area contributed by atoms with Gasteiger partial charge in [-0.25, -0.2) is 0 Å². The first-order chi connectivity index (χ1) is 9.27. The highest BCUT2D eigenvalue weighted by Crippen LogP contribution is 2.34. The van der Waals surface area contributed by atoms with E-state index in [0.717, 1.165) is 19.4 Å². The monoisotopic (exact) mass is 261 g/mol. The topological polar surface area (TPSA) is 56.9 Å². The first kappa shape index (κ1) is 12.7. The molecular formula is C15H23N3O. The molecule has 1 spiro atoms. The Bertz CT molecular complexity index is 415. The van der Waals surface area contributed by atoms with Gasteiger partial charge in [0.1, 0.15) is 5.69 Å². The van der Waals surface area contributed by atoms with Crippen molar-refractivity contribution in [3.8, 4) is 0 Å². The van der Waals surface area contributed by atoms with Gasteiger partial charge in [-0.3, -0.25) is 4.79 Å². The highest BCUT2D eigenvalue weighted by Gasteiger charge is 2.37. The van der Waals surface area contributed by atoms with E-state index in [9.17, 15) is 4.79 Å². The summed E-state index contributed by atoms with van der Waals surface area (Å²) in [6.07, 6.45) is 10.5. The van der Waals surface area contributed by atoms with Crippen molar-refractivity contribution < 1.29 is 4.79 Å². The van der Waals surface area contributed by atoms with Gasteiger partial charge in [-0.2, -0.15) is 0 Å². The maximum Gasteiger partial charge on any atom is 0.267 e.